The number of carbonyl (C=O) groups excluding carboxylic acids is 1. The summed E-state index contributed by atoms with van der Waals surface area (Å²) in [5.41, 5.74) is 3.25. The molecular weight excluding hydrogens is 263 g/mol. The minimum atomic E-state index is -4.43. The Hall–Kier alpha value is -1.73. The number of aromatic nitrogens is 2. The van der Waals surface area contributed by atoms with Crippen LogP contribution in [0.2, 0.25) is 0 Å². The molecule has 5 nitrogen and oxygen atoms in total. The number of ether oxygens (including phenoxy) is 1. The van der Waals surface area contributed by atoms with Crippen molar-refractivity contribution in [1.29, 1.82) is 0 Å². The second-order valence-corrected chi connectivity index (χ2v) is 4.75. The Kier molecular flexibility index (Phi) is 4.43. The number of hydrogen-bond donors (Lipinski definition) is 1. The minimum Gasteiger partial charge on any atom is -0.444 e. The van der Waals surface area contributed by atoms with Crippen molar-refractivity contribution in [3.63, 3.8) is 0 Å². The molecule has 0 unspecified atom stereocenters. The second-order valence-electron chi connectivity index (χ2n) is 4.75. The summed E-state index contributed by atoms with van der Waals surface area (Å²) in [5, 5.41) is 3.42. The van der Waals surface area contributed by atoms with E-state index < -0.39 is 23.6 Å². The fourth-order valence-corrected chi connectivity index (χ4v) is 1.63. The van der Waals surface area contributed by atoms with Crippen molar-refractivity contribution in [3.8, 4) is 0 Å². The van der Waals surface area contributed by atoms with Gasteiger partial charge >= 0.3 is 12.3 Å². The highest BCUT2D eigenvalue weighted by atomic mass is 19.4. The molecule has 0 fully saturated rings. The van der Waals surface area contributed by atoms with Crippen molar-refractivity contribution in [3.05, 3.63) is 18.0 Å². The zero-order valence-corrected chi connectivity index (χ0v) is 10.7. The van der Waals surface area contributed by atoms with Crippen LogP contribution in [0.5, 0.6) is 0 Å². The van der Waals surface area contributed by atoms with Crippen LogP contribution in [0.3, 0.4) is 0 Å². The first-order chi connectivity index (χ1) is 8.60. The van der Waals surface area contributed by atoms with E-state index in [0.717, 1.165) is 6.07 Å². The molecule has 0 saturated carbocycles. The van der Waals surface area contributed by atoms with Crippen molar-refractivity contribution in [2.75, 3.05) is 0 Å². The van der Waals surface area contributed by atoms with E-state index in [2.05, 4.69) is 5.10 Å². The van der Waals surface area contributed by atoms with Gasteiger partial charge in [0.05, 0.1) is 0 Å². The predicted molar refractivity (Wildman–Crippen MR) is 61.2 cm³/mol. The van der Waals surface area contributed by atoms with E-state index in [-0.39, 0.29) is 0 Å². The van der Waals surface area contributed by atoms with Gasteiger partial charge in [0.15, 0.2) is 5.69 Å². The first kappa shape index (κ1) is 15.3. The zero-order chi connectivity index (χ0) is 14.7. The first-order valence-corrected chi connectivity index (χ1v) is 5.69. The molecule has 0 atom stereocenters. The van der Waals surface area contributed by atoms with Crippen LogP contribution in [-0.2, 0) is 17.5 Å². The van der Waals surface area contributed by atoms with Gasteiger partial charge in [-0.05, 0) is 32.8 Å². The number of aryl methyl sites for hydroxylation is 1. The molecule has 1 amide bonds. The van der Waals surface area contributed by atoms with E-state index in [0.29, 0.717) is 19.4 Å². The number of alkyl halides is 3. The van der Waals surface area contributed by atoms with Gasteiger partial charge in [-0.3, -0.25) is 4.68 Å². The fraction of sp³-hybridized carbons (Fsp3) is 0.636. The Balaban J connectivity index is 2.45. The molecule has 1 aromatic rings. The molecule has 0 aromatic carbocycles. The van der Waals surface area contributed by atoms with Crippen molar-refractivity contribution < 1.29 is 22.7 Å². The van der Waals surface area contributed by atoms with Crippen LogP contribution in [0.1, 0.15) is 32.4 Å². The molecule has 19 heavy (non-hydrogen) atoms. The van der Waals surface area contributed by atoms with Crippen LogP contribution >= 0.6 is 0 Å². The van der Waals surface area contributed by atoms with E-state index in [4.69, 9.17) is 10.5 Å². The van der Waals surface area contributed by atoms with Gasteiger partial charge in [-0.15, -0.1) is 0 Å². The molecule has 0 aliphatic carbocycles. The topological polar surface area (TPSA) is 70.1 Å². The molecule has 1 rings (SSSR count). The maximum Gasteiger partial charge on any atom is 0.435 e. The number of nitrogens with two attached hydrogens (primary N) is 1. The molecule has 0 saturated heterocycles. The van der Waals surface area contributed by atoms with Crippen LogP contribution in [-0.4, -0.2) is 21.5 Å². The van der Waals surface area contributed by atoms with Crippen LogP contribution in [0.4, 0.5) is 18.0 Å². The van der Waals surface area contributed by atoms with Gasteiger partial charge in [0.25, 0.3) is 0 Å². The summed E-state index contributed by atoms with van der Waals surface area (Å²) in [4.78, 5) is 10.6. The highest BCUT2D eigenvalue weighted by Crippen LogP contribution is 2.27. The van der Waals surface area contributed by atoms with Gasteiger partial charge in [0.1, 0.15) is 5.60 Å². The molecule has 1 aromatic heterocycles. The van der Waals surface area contributed by atoms with E-state index in [1.165, 1.54) is 10.9 Å². The molecule has 0 spiro atoms. The van der Waals surface area contributed by atoms with Crippen LogP contribution in [0, 0.1) is 0 Å². The average Bonchev–Trinajstić information content (AvgIpc) is 2.62. The third-order valence-electron chi connectivity index (χ3n) is 2.47. The summed E-state index contributed by atoms with van der Waals surface area (Å²) in [7, 11) is 0. The summed E-state index contributed by atoms with van der Waals surface area (Å²) >= 11 is 0. The Morgan fingerprint density at radius 3 is 2.58 bits per heavy atom. The molecular formula is C11H16F3N3O2. The monoisotopic (exact) mass is 279 g/mol. The molecule has 108 valence electrons. The predicted octanol–water partition coefficient (Wildman–Crippen LogP) is 2.56. The largest absolute Gasteiger partial charge is 0.444 e. The summed E-state index contributed by atoms with van der Waals surface area (Å²) in [5.74, 6) is 0. The summed E-state index contributed by atoms with van der Waals surface area (Å²) < 4.78 is 43.0. The lowest BCUT2D eigenvalue weighted by Gasteiger charge is -2.23. The molecule has 0 bridgehead atoms. The Morgan fingerprint density at radius 1 is 1.47 bits per heavy atom. The lowest BCUT2D eigenvalue weighted by Crippen LogP contribution is -2.31. The highest BCUT2D eigenvalue weighted by molar-refractivity contribution is 5.65. The second kappa shape index (κ2) is 5.50. The standard InChI is InChI=1S/C11H16F3N3O2/c1-10(2,19-9(15)18)5-3-6-17-7-4-8(16-17)11(12,13)14/h4,7H,3,5-6H2,1-2H3,(H2,15,18). The molecule has 2 N–H and O–H groups in total. The number of hydrogen-bond acceptors (Lipinski definition) is 3. The van der Waals surface area contributed by atoms with E-state index in [1.807, 2.05) is 0 Å². The van der Waals surface area contributed by atoms with Crippen LogP contribution in [0.15, 0.2) is 12.3 Å². The average molecular weight is 279 g/mol. The maximum absolute atomic E-state index is 12.3. The lowest BCUT2D eigenvalue weighted by atomic mass is 10.0. The van der Waals surface area contributed by atoms with Crippen molar-refractivity contribution in [1.82, 2.24) is 9.78 Å². The quantitative estimate of drug-likeness (QED) is 0.900. The van der Waals surface area contributed by atoms with Gasteiger partial charge in [-0.2, -0.15) is 18.3 Å². The van der Waals surface area contributed by atoms with Gasteiger partial charge < -0.3 is 10.5 Å². The first-order valence-electron chi connectivity index (χ1n) is 5.69. The van der Waals surface area contributed by atoms with Gasteiger partial charge in [-0.25, -0.2) is 4.79 Å². The third kappa shape index (κ3) is 5.19. The lowest BCUT2D eigenvalue weighted by molar-refractivity contribution is -0.141. The molecule has 0 radical (unpaired) electrons. The van der Waals surface area contributed by atoms with Gasteiger partial charge in [0, 0.05) is 12.7 Å². The molecule has 8 heteroatoms. The summed E-state index contributed by atoms with van der Waals surface area (Å²) in [6.07, 6.45) is -3.05. The maximum atomic E-state index is 12.3. The number of nitrogens with zero attached hydrogens (tertiary/aromatic N) is 2. The Morgan fingerprint density at radius 2 is 2.11 bits per heavy atom. The van der Waals surface area contributed by atoms with E-state index in [1.54, 1.807) is 13.8 Å². The number of halogens is 3. The fourth-order valence-electron chi connectivity index (χ4n) is 1.63. The van der Waals surface area contributed by atoms with Crippen molar-refractivity contribution in [2.24, 2.45) is 5.73 Å². The molecule has 0 aliphatic rings. The number of carbonyl (C=O) groups is 1. The summed E-state index contributed by atoms with van der Waals surface area (Å²) in [6.45, 7) is 3.67. The van der Waals surface area contributed by atoms with Crippen LogP contribution in [0.25, 0.3) is 0 Å². The normalized spacial score (nSPS) is 12.5. The number of rotatable bonds is 5. The van der Waals surface area contributed by atoms with E-state index in [9.17, 15) is 18.0 Å². The Bertz CT molecular complexity index is 441. The molecule has 1 heterocycles. The highest BCUT2D eigenvalue weighted by Gasteiger charge is 2.33. The van der Waals surface area contributed by atoms with Crippen molar-refractivity contribution >= 4 is 6.09 Å². The van der Waals surface area contributed by atoms with Crippen molar-refractivity contribution in [2.45, 2.75) is 45.0 Å². The third-order valence-corrected chi connectivity index (χ3v) is 2.47. The molecule has 0 aliphatic heterocycles. The van der Waals surface area contributed by atoms with Gasteiger partial charge in [-0.1, -0.05) is 0 Å². The van der Waals surface area contributed by atoms with Gasteiger partial charge in [0.2, 0.25) is 0 Å². The smallest absolute Gasteiger partial charge is 0.435 e. The van der Waals surface area contributed by atoms with Crippen LogP contribution < -0.4 is 5.73 Å². The van der Waals surface area contributed by atoms with E-state index >= 15 is 0 Å². The Labute approximate surface area is 108 Å². The SMILES string of the molecule is CC(C)(CCCn1ccc(C(F)(F)F)n1)OC(N)=O. The number of primary amides is 1. The summed E-state index contributed by atoms with van der Waals surface area (Å²) in [6, 6.07) is 0.922. The zero-order valence-electron chi connectivity index (χ0n) is 10.7. The minimum absolute atomic E-state index is 0.307. The number of amides is 1.